The van der Waals surface area contributed by atoms with Crippen LogP contribution < -0.4 is 5.32 Å². The summed E-state index contributed by atoms with van der Waals surface area (Å²) in [5, 5.41) is 13.5. The van der Waals surface area contributed by atoms with Crippen LogP contribution >= 0.6 is 15.9 Å². The first-order valence-electron chi connectivity index (χ1n) is 5.25. The van der Waals surface area contributed by atoms with Crippen molar-refractivity contribution < 1.29 is 9.72 Å². The van der Waals surface area contributed by atoms with Crippen molar-refractivity contribution in [2.45, 2.75) is 6.54 Å². The molecule has 1 amide bonds. The fourth-order valence-electron chi connectivity index (χ4n) is 1.26. The summed E-state index contributed by atoms with van der Waals surface area (Å²) in [4.78, 5) is 22.9. The van der Waals surface area contributed by atoms with E-state index in [2.05, 4.69) is 21.2 Å². The van der Waals surface area contributed by atoms with E-state index in [0.717, 1.165) is 5.56 Å². The number of carbonyl (C=O) groups excluding carboxylic acids is 1. The fourth-order valence-corrected chi connectivity index (χ4v) is 1.76. The minimum Gasteiger partial charge on any atom is -0.348 e. The number of nitrogens with one attached hydrogen (secondary N) is 1. The van der Waals surface area contributed by atoms with Gasteiger partial charge in [-0.05, 0) is 11.6 Å². The topological polar surface area (TPSA) is 75.5 Å². The first-order valence-corrected chi connectivity index (χ1v) is 6.05. The summed E-state index contributed by atoms with van der Waals surface area (Å²) in [6.07, 6.45) is 0. The Labute approximate surface area is 113 Å². The molecule has 1 aromatic carbocycles. The van der Waals surface area contributed by atoms with E-state index in [1.54, 1.807) is 20.2 Å². The molecule has 0 atom stereocenters. The molecule has 18 heavy (non-hydrogen) atoms. The molecule has 6 nitrogen and oxygen atoms in total. The average Bonchev–Trinajstić information content (AvgIpc) is 2.30. The zero-order valence-corrected chi connectivity index (χ0v) is 11.7. The minimum atomic E-state index is -0.447. The number of halogens is 1. The summed E-state index contributed by atoms with van der Waals surface area (Å²) in [6.45, 7) is 0.703. The minimum absolute atomic E-state index is 0.0203. The van der Waals surface area contributed by atoms with Gasteiger partial charge in [-0.3, -0.25) is 14.9 Å². The van der Waals surface area contributed by atoms with Gasteiger partial charge in [0.05, 0.1) is 11.5 Å². The average molecular weight is 316 g/mol. The highest BCUT2D eigenvalue weighted by Gasteiger charge is 2.09. The number of nitro groups is 1. The van der Waals surface area contributed by atoms with E-state index in [1.807, 2.05) is 0 Å². The molecular weight excluding hydrogens is 302 g/mol. The summed E-state index contributed by atoms with van der Waals surface area (Å²) < 4.78 is 0.654. The maximum absolute atomic E-state index is 11.3. The monoisotopic (exact) mass is 315 g/mol. The molecule has 0 spiro atoms. The molecule has 0 aliphatic carbocycles. The highest BCUT2D eigenvalue weighted by atomic mass is 79.9. The quantitative estimate of drug-likeness (QED) is 0.660. The number of likely N-dealkylation sites (N-methyl/N-ethyl adjacent to an activating group) is 1. The van der Waals surface area contributed by atoms with Crippen LogP contribution in [0.2, 0.25) is 0 Å². The van der Waals surface area contributed by atoms with Crippen molar-refractivity contribution in [2.24, 2.45) is 0 Å². The Bertz CT molecular complexity index is 463. The normalized spacial score (nSPS) is 10.2. The Morgan fingerprint density at radius 1 is 1.50 bits per heavy atom. The number of amides is 1. The zero-order valence-electron chi connectivity index (χ0n) is 10.1. The number of hydrogen-bond acceptors (Lipinski definition) is 4. The van der Waals surface area contributed by atoms with Crippen LogP contribution in [0.3, 0.4) is 0 Å². The van der Waals surface area contributed by atoms with E-state index < -0.39 is 4.92 Å². The lowest BCUT2D eigenvalue weighted by atomic mass is 10.2. The molecule has 0 radical (unpaired) electrons. The SMILES string of the molecule is CN(C)C(=O)CNCc1ccc([N+](=O)[O-])cc1Br. The standard InChI is InChI=1S/C11H14BrN3O3/c1-14(2)11(16)7-13-6-8-3-4-9(15(17)18)5-10(8)12/h3-5,13H,6-7H2,1-2H3. The van der Waals surface area contributed by atoms with Crippen molar-refractivity contribution in [1.29, 1.82) is 0 Å². The van der Waals surface area contributed by atoms with Gasteiger partial charge < -0.3 is 10.2 Å². The second-order valence-electron chi connectivity index (χ2n) is 3.92. The number of nitro benzene ring substituents is 1. The lowest BCUT2D eigenvalue weighted by molar-refractivity contribution is -0.384. The second-order valence-corrected chi connectivity index (χ2v) is 4.78. The Morgan fingerprint density at radius 3 is 2.67 bits per heavy atom. The van der Waals surface area contributed by atoms with Crippen LogP contribution in [0.5, 0.6) is 0 Å². The lowest BCUT2D eigenvalue weighted by Crippen LogP contribution is -2.32. The summed E-state index contributed by atoms with van der Waals surface area (Å²) in [5.41, 5.74) is 0.905. The van der Waals surface area contributed by atoms with Crippen LogP contribution in [0.25, 0.3) is 0 Å². The van der Waals surface area contributed by atoms with Gasteiger partial charge in [0.2, 0.25) is 5.91 Å². The van der Waals surface area contributed by atoms with Crippen LogP contribution in [0.1, 0.15) is 5.56 Å². The number of rotatable bonds is 5. The molecule has 0 saturated carbocycles. The van der Waals surface area contributed by atoms with Gasteiger partial charge in [-0.25, -0.2) is 0 Å². The number of nitrogens with zero attached hydrogens (tertiary/aromatic N) is 2. The largest absolute Gasteiger partial charge is 0.348 e. The van der Waals surface area contributed by atoms with E-state index in [4.69, 9.17) is 0 Å². The lowest BCUT2D eigenvalue weighted by Gasteiger charge is -2.11. The van der Waals surface area contributed by atoms with Gasteiger partial charge in [0.25, 0.3) is 5.69 Å². The Balaban J connectivity index is 2.58. The van der Waals surface area contributed by atoms with E-state index in [0.29, 0.717) is 11.0 Å². The molecule has 0 saturated heterocycles. The molecule has 98 valence electrons. The molecule has 0 aliphatic rings. The van der Waals surface area contributed by atoms with Gasteiger partial charge in [0.15, 0.2) is 0 Å². The van der Waals surface area contributed by atoms with Gasteiger partial charge in [0, 0.05) is 37.2 Å². The third-order valence-electron chi connectivity index (χ3n) is 2.34. The van der Waals surface area contributed by atoms with Crippen LogP contribution in [0.15, 0.2) is 22.7 Å². The fraction of sp³-hybridized carbons (Fsp3) is 0.364. The van der Waals surface area contributed by atoms with Gasteiger partial charge >= 0.3 is 0 Å². The first kappa shape index (κ1) is 14.6. The molecule has 0 unspecified atom stereocenters. The summed E-state index contributed by atoms with van der Waals surface area (Å²) >= 11 is 3.27. The van der Waals surface area contributed by atoms with Crippen LogP contribution in [0.4, 0.5) is 5.69 Å². The van der Waals surface area contributed by atoms with Crippen molar-refractivity contribution in [2.75, 3.05) is 20.6 Å². The van der Waals surface area contributed by atoms with Crippen LogP contribution in [-0.4, -0.2) is 36.4 Å². The number of non-ortho nitro benzene ring substituents is 1. The first-order chi connectivity index (χ1) is 8.41. The smallest absolute Gasteiger partial charge is 0.270 e. The third kappa shape index (κ3) is 4.08. The maximum atomic E-state index is 11.3. The van der Waals surface area contributed by atoms with Gasteiger partial charge in [-0.2, -0.15) is 0 Å². The van der Waals surface area contributed by atoms with E-state index >= 15 is 0 Å². The van der Waals surface area contributed by atoms with E-state index in [9.17, 15) is 14.9 Å². The second kappa shape index (κ2) is 6.46. The molecular formula is C11H14BrN3O3. The highest BCUT2D eigenvalue weighted by molar-refractivity contribution is 9.10. The number of hydrogen-bond donors (Lipinski definition) is 1. The number of carbonyl (C=O) groups is 1. The summed E-state index contributed by atoms with van der Waals surface area (Å²) in [6, 6.07) is 4.55. The van der Waals surface area contributed by atoms with Crippen molar-refractivity contribution >= 4 is 27.5 Å². The van der Waals surface area contributed by atoms with Gasteiger partial charge in [-0.15, -0.1) is 0 Å². The van der Waals surface area contributed by atoms with Crippen molar-refractivity contribution in [3.63, 3.8) is 0 Å². The molecule has 7 heteroatoms. The molecule has 0 heterocycles. The Kier molecular flexibility index (Phi) is 5.24. The van der Waals surface area contributed by atoms with Crippen LogP contribution in [0, 0.1) is 10.1 Å². The summed E-state index contributed by atoms with van der Waals surface area (Å²) in [5.74, 6) is -0.0203. The molecule has 1 aromatic rings. The third-order valence-corrected chi connectivity index (χ3v) is 3.08. The molecule has 0 aromatic heterocycles. The highest BCUT2D eigenvalue weighted by Crippen LogP contribution is 2.22. The van der Waals surface area contributed by atoms with Crippen molar-refractivity contribution in [3.05, 3.63) is 38.3 Å². The predicted molar refractivity (Wildman–Crippen MR) is 71.2 cm³/mol. The van der Waals surface area contributed by atoms with Gasteiger partial charge in [0.1, 0.15) is 0 Å². The van der Waals surface area contributed by atoms with Crippen LogP contribution in [-0.2, 0) is 11.3 Å². The number of benzene rings is 1. The predicted octanol–water partition coefficient (Wildman–Crippen LogP) is 1.54. The van der Waals surface area contributed by atoms with E-state index in [-0.39, 0.29) is 18.1 Å². The van der Waals surface area contributed by atoms with Crippen molar-refractivity contribution in [3.8, 4) is 0 Å². The van der Waals surface area contributed by atoms with Gasteiger partial charge in [-0.1, -0.05) is 15.9 Å². The molecule has 0 bridgehead atoms. The van der Waals surface area contributed by atoms with E-state index in [1.165, 1.54) is 17.0 Å². The Morgan fingerprint density at radius 2 is 2.17 bits per heavy atom. The van der Waals surface area contributed by atoms with Crippen molar-refractivity contribution in [1.82, 2.24) is 10.2 Å². The Hall–Kier alpha value is -1.47. The zero-order chi connectivity index (χ0) is 13.7. The molecule has 1 rings (SSSR count). The maximum Gasteiger partial charge on any atom is 0.270 e. The summed E-state index contributed by atoms with van der Waals surface area (Å²) in [7, 11) is 3.37. The molecule has 1 N–H and O–H groups in total. The molecule has 0 aliphatic heterocycles. The molecule has 0 fully saturated rings.